The fourth-order valence-corrected chi connectivity index (χ4v) is 5.88. The van der Waals surface area contributed by atoms with E-state index >= 15 is 0 Å². The van der Waals surface area contributed by atoms with Gasteiger partial charge in [0.15, 0.2) is 8.32 Å². The number of halogens is 1. The van der Waals surface area contributed by atoms with Crippen molar-refractivity contribution < 1.29 is 9.00 Å². The first-order valence-corrected chi connectivity index (χ1v) is 11.4. The van der Waals surface area contributed by atoms with E-state index in [4.69, 9.17) is 4.43 Å². The minimum Gasteiger partial charge on any atom is -0.407 e. The predicted molar refractivity (Wildman–Crippen MR) is 99.0 cm³/mol. The van der Waals surface area contributed by atoms with Crippen molar-refractivity contribution in [3.8, 4) is 0 Å². The van der Waals surface area contributed by atoms with Gasteiger partial charge in [0.25, 0.3) is 5.84 Å². The molecule has 0 saturated carbocycles. The monoisotopic (exact) mass is 378 g/mol. The van der Waals surface area contributed by atoms with Gasteiger partial charge < -0.3 is 9.33 Å². The maximum absolute atomic E-state index is 6.44. The molecule has 4 nitrogen and oxygen atoms in total. The van der Waals surface area contributed by atoms with Gasteiger partial charge in [0.1, 0.15) is 4.48 Å². The van der Waals surface area contributed by atoms with Crippen molar-refractivity contribution in [2.24, 2.45) is 0 Å². The second kappa shape index (κ2) is 7.29. The summed E-state index contributed by atoms with van der Waals surface area (Å²) in [7, 11) is 10.7. The van der Waals surface area contributed by atoms with Gasteiger partial charge in [0, 0.05) is 14.1 Å². The van der Waals surface area contributed by atoms with E-state index in [0.29, 0.717) is 0 Å². The molecule has 0 aromatic heterocycles. The molecule has 0 bridgehead atoms. The van der Waals surface area contributed by atoms with Crippen LogP contribution >= 0.6 is 15.9 Å². The molecule has 0 aromatic rings. The van der Waals surface area contributed by atoms with Crippen LogP contribution in [0, 0.1) is 0 Å². The number of amidine groups is 1. The normalized spacial score (nSPS) is 13.7. The molecule has 0 fully saturated rings. The van der Waals surface area contributed by atoms with E-state index in [1.165, 1.54) is 0 Å². The Bertz CT molecular complexity index is 431. The number of likely N-dealkylation sites (N-methyl/N-ethyl adjacent to an activating group) is 2. The fraction of sp³-hybridized carbons (Fsp3) is 0.800. The maximum Gasteiger partial charge on any atom is 0.287 e. The quantitative estimate of drug-likeness (QED) is 0.317. The van der Waals surface area contributed by atoms with Gasteiger partial charge in [0.2, 0.25) is 0 Å². The lowest BCUT2D eigenvalue weighted by molar-refractivity contribution is -0.468. The number of hydrogen-bond donors (Lipinski definition) is 0. The number of nitrogens with zero attached hydrogens (tertiary/aromatic N) is 3. The molecule has 0 aliphatic carbocycles. The molecule has 21 heavy (non-hydrogen) atoms. The third kappa shape index (κ3) is 6.12. The number of rotatable bonds is 5. The van der Waals surface area contributed by atoms with Gasteiger partial charge in [-0.3, -0.25) is 9.48 Å². The first kappa shape index (κ1) is 20.7. The van der Waals surface area contributed by atoms with Gasteiger partial charge in [-0.25, -0.2) is 0 Å². The first-order valence-electron chi connectivity index (χ1n) is 7.20. The van der Waals surface area contributed by atoms with Crippen molar-refractivity contribution in [1.82, 2.24) is 9.80 Å². The molecule has 0 spiro atoms. The third-order valence-electron chi connectivity index (χ3n) is 2.83. The molecule has 0 aliphatic rings. The summed E-state index contributed by atoms with van der Waals surface area (Å²) < 4.78 is 9.61. The van der Waals surface area contributed by atoms with E-state index in [0.717, 1.165) is 16.0 Å². The second-order valence-corrected chi connectivity index (χ2v) is 12.6. The van der Waals surface area contributed by atoms with Gasteiger partial charge in [-0.15, -0.1) is 0 Å². The molecule has 0 aliphatic heterocycles. The van der Waals surface area contributed by atoms with Gasteiger partial charge in [0.05, 0.1) is 39.5 Å². The van der Waals surface area contributed by atoms with E-state index in [1.807, 2.05) is 0 Å². The second-order valence-electron chi connectivity index (χ2n) is 7.39. The lowest BCUT2D eigenvalue weighted by Crippen LogP contribution is -2.45. The Morgan fingerprint density at radius 2 is 1.43 bits per heavy atom. The summed E-state index contributed by atoms with van der Waals surface area (Å²) in [6.45, 7) is 10.9. The van der Waals surface area contributed by atoms with E-state index in [1.54, 1.807) is 0 Å². The summed E-state index contributed by atoms with van der Waals surface area (Å²) in [6, 6.07) is 0. The van der Waals surface area contributed by atoms with Crippen LogP contribution in [0.3, 0.4) is 0 Å². The van der Waals surface area contributed by atoms with Crippen molar-refractivity contribution in [3.63, 3.8) is 0 Å². The van der Waals surface area contributed by atoms with Crippen LogP contribution in [0.5, 0.6) is 0 Å². The van der Waals surface area contributed by atoms with Crippen molar-refractivity contribution in [1.29, 1.82) is 0 Å². The molecule has 0 unspecified atom stereocenters. The van der Waals surface area contributed by atoms with Crippen molar-refractivity contribution >= 4 is 30.1 Å². The standard InChI is InChI=1S/C15H33BrN3OSi/c1-15(2,20-21(9,10)11)13(17(3)4)12(16)14(18(5)6)19(7)8/h1-11H3/q+1. The molecule has 0 atom stereocenters. The Balaban J connectivity index is 6.12. The van der Waals surface area contributed by atoms with Crippen LogP contribution in [-0.4, -0.2) is 76.4 Å². The van der Waals surface area contributed by atoms with Crippen LogP contribution in [0.1, 0.15) is 13.8 Å². The molecule has 0 N–H and O–H groups in total. The molecule has 0 radical (unpaired) electrons. The molecular formula is C15H33BrN3OSi+. The Morgan fingerprint density at radius 1 is 1.00 bits per heavy atom. The summed E-state index contributed by atoms with van der Waals surface area (Å²) in [6.07, 6.45) is 0. The minimum absolute atomic E-state index is 0.357. The average molecular weight is 379 g/mol. The van der Waals surface area contributed by atoms with Gasteiger partial charge in [-0.1, -0.05) is 0 Å². The zero-order valence-electron chi connectivity index (χ0n) is 15.6. The molecular weight excluding hydrogens is 346 g/mol. The molecule has 0 aromatic carbocycles. The van der Waals surface area contributed by atoms with Gasteiger partial charge in [-0.05, 0) is 49.4 Å². The Hall–Kier alpha value is -0.333. The Labute approximate surface area is 140 Å². The fourth-order valence-electron chi connectivity index (χ4n) is 2.71. The number of hydrogen-bond acceptors (Lipinski definition) is 2. The summed E-state index contributed by atoms with van der Waals surface area (Å²) in [5, 5.41) is 0. The molecule has 6 heteroatoms. The smallest absolute Gasteiger partial charge is 0.287 e. The van der Waals surface area contributed by atoms with Crippen molar-refractivity contribution in [2.75, 3.05) is 42.3 Å². The lowest BCUT2D eigenvalue weighted by Gasteiger charge is -2.38. The van der Waals surface area contributed by atoms with Crippen LogP contribution in [0.2, 0.25) is 19.6 Å². The molecule has 0 amide bonds. The van der Waals surface area contributed by atoms with Crippen LogP contribution in [0.15, 0.2) is 10.2 Å². The van der Waals surface area contributed by atoms with E-state index < -0.39 is 8.32 Å². The van der Waals surface area contributed by atoms with Crippen LogP contribution in [0.25, 0.3) is 0 Å². The van der Waals surface area contributed by atoms with Crippen LogP contribution < -0.4 is 0 Å². The zero-order valence-corrected chi connectivity index (χ0v) is 18.2. The third-order valence-corrected chi connectivity index (χ3v) is 4.68. The molecule has 0 heterocycles. The van der Waals surface area contributed by atoms with E-state index in [-0.39, 0.29) is 5.60 Å². The van der Waals surface area contributed by atoms with Crippen LogP contribution in [0.4, 0.5) is 0 Å². The Kier molecular flexibility index (Phi) is 7.17. The lowest BCUT2D eigenvalue weighted by atomic mass is 10.0. The summed E-state index contributed by atoms with van der Waals surface area (Å²) in [5.41, 5.74) is 0.784. The van der Waals surface area contributed by atoms with Gasteiger partial charge in [-0.2, -0.15) is 0 Å². The highest BCUT2D eigenvalue weighted by Crippen LogP contribution is 2.32. The van der Waals surface area contributed by atoms with E-state index in [9.17, 15) is 0 Å². The van der Waals surface area contributed by atoms with Crippen molar-refractivity contribution in [3.05, 3.63) is 10.2 Å². The Morgan fingerprint density at radius 3 is 1.67 bits per heavy atom. The predicted octanol–water partition coefficient (Wildman–Crippen LogP) is 3.02. The van der Waals surface area contributed by atoms with Gasteiger partial charge >= 0.3 is 0 Å². The largest absolute Gasteiger partial charge is 0.407 e. The van der Waals surface area contributed by atoms with Crippen molar-refractivity contribution in [2.45, 2.75) is 39.1 Å². The first-order chi connectivity index (χ1) is 9.20. The molecule has 0 rings (SSSR count). The molecule has 0 saturated heterocycles. The highest BCUT2D eigenvalue weighted by molar-refractivity contribution is 9.12. The molecule has 124 valence electrons. The maximum atomic E-state index is 6.44. The zero-order chi connectivity index (χ0) is 17.2. The van der Waals surface area contributed by atoms with E-state index in [2.05, 4.69) is 106 Å². The summed E-state index contributed by atoms with van der Waals surface area (Å²) in [5.74, 6) is 1.12. The minimum atomic E-state index is -1.65. The average Bonchev–Trinajstić information content (AvgIpc) is 2.08. The summed E-state index contributed by atoms with van der Waals surface area (Å²) in [4.78, 5) is 4.25. The summed E-state index contributed by atoms with van der Waals surface area (Å²) >= 11 is 3.81. The highest BCUT2D eigenvalue weighted by Gasteiger charge is 2.36. The SMILES string of the molecule is CN(C)C(/C(Br)=C(/N(C)C)C(C)(C)O[Si](C)(C)C)=[N+](C)C. The highest BCUT2D eigenvalue weighted by atomic mass is 79.9. The topological polar surface area (TPSA) is 18.7 Å². The van der Waals surface area contributed by atoms with Crippen LogP contribution in [-0.2, 0) is 4.43 Å².